The lowest BCUT2D eigenvalue weighted by Crippen LogP contribution is -2.33. The normalized spacial score (nSPS) is 11.3. The minimum absolute atomic E-state index is 0.0181. The highest BCUT2D eigenvalue weighted by Gasteiger charge is 2.30. The molecule has 0 saturated heterocycles. The van der Waals surface area contributed by atoms with E-state index in [1.807, 2.05) is 42.5 Å². The first-order valence-electron chi connectivity index (χ1n) is 10.5. The lowest BCUT2D eigenvalue weighted by molar-refractivity contribution is 0.0707. The van der Waals surface area contributed by atoms with E-state index in [1.165, 1.54) is 29.6 Å². The maximum absolute atomic E-state index is 13.9. The van der Waals surface area contributed by atoms with Gasteiger partial charge in [0.25, 0.3) is 15.9 Å². The van der Waals surface area contributed by atoms with E-state index in [0.29, 0.717) is 11.3 Å². The molecule has 8 heteroatoms. The molecule has 0 bridgehead atoms. The number of methoxy groups -OCH3 is 1. The van der Waals surface area contributed by atoms with Crippen LogP contribution in [0, 0.1) is 6.92 Å². The van der Waals surface area contributed by atoms with E-state index in [2.05, 4.69) is 0 Å². The summed E-state index contributed by atoms with van der Waals surface area (Å²) in [4.78, 5) is 12.5. The number of rotatable bonds is 7. The van der Waals surface area contributed by atoms with E-state index in [-0.39, 0.29) is 22.7 Å². The number of fused-ring (bicyclic) bond motifs is 1. The van der Waals surface area contributed by atoms with Crippen LogP contribution in [0.15, 0.2) is 89.8 Å². The molecule has 34 heavy (non-hydrogen) atoms. The lowest BCUT2D eigenvalue weighted by atomic mass is 10.1. The molecule has 2 N–H and O–H groups in total. The van der Waals surface area contributed by atoms with E-state index >= 15 is 0 Å². The number of carbonyl (C=O) groups is 1. The van der Waals surface area contributed by atoms with Crippen LogP contribution >= 0.6 is 0 Å². The first kappa shape index (κ1) is 23.3. The number of anilines is 1. The van der Waals surface area contributed by atoms with Gasteiger partial charge in [0.05, 0.1) is 29.8 Å². The molecule has 0 spiro atoms. The first-order valence-corrected chi connectivity index (χ1v) is 12.0. The molecule has 0 aromatic heterocycles. The van der Waals surface area contributed by atoms with Gasteiger partial charge >= 0.3 is 0 Å². The second-order valence-corrected chi connectivity index (χ2v) is 9.64. The second-order valence-electron chi connectivity index (χ2n) is 7.78. The third-order valence-corrected chi connectivity index (χ3v) is 7.38. The molecule has 0 fully saturated rings. The van der Waals surface area contributed by atoms with Crippen molar-refractivity contribution in [1.82, 2.24) is 5.48 Å². The van der Waals surface area contributed by atoms with Gasteiger partial charge in [0.15, 0.2) is 0 Å². The topological polar surface area (TPSA) is 95.9 Å². The number of sulfonamides is 1. The van der Waals surface area contributed by atoms with Crippen LogP contribution in [0.25, 0.3) is 10.8 Å². The average molecular weight is 477 g/mol. The van der Waals surface area contributed by atoms with Gasteiger partial charge in [-0.1, -0.05) is 48.5 Å². The quantitative estimate of drug-likeness (QED) is 0.299. The highest BCUT2D eigenvalue weighted by molar-refractivity contribution is 7.92. The van der Waals surface area contributed by atoms with Crippen molar-refractivity contribution in [2.24, 2.45) is 0 Å². The van der Waals surface area contributed by atoms with Crippen LogP contribution in [0.3, 0.4) is 0 Å². The van der Waals surface area contributed by atoms with Crippen molar-refractivity contribution in [3.63, 3.8) is 0 Å². The summed E-state index contributed by atoms with van der Waals surface area (Å²) in [5, 5.41) is 11.3. The predicted octanol–water partition coefficient (Wildman–Crippen LogP) is 4.67. The molecule has 0 saturated carbocycles. The monoisotopic (exact) mass is 476 g/mol. The molecular weight excluding hydrogens is 452 g/mol. The van der Waals surface area contributed by atoms with Crippen molar-refractivity contribution in [1.29, 1.82) is 0 Å². The molecule has 7 nitrogen and oxygen atoms in total. The van der Waals surface area contributed by atoms with Crippen LogP contribution in [0.1, 0.15) is 21.5 Å². The summed E-state index contributed by atoms with van der Waals surface area (Å²) < 4.78 is 34.2. The van der Waals surface area contributed by atoms with E-state index in [0.717, 1.165) is 16.3 Å². The number of hydroxylamine groups is 1. The van der Waals surface area contributed by atoms with Gasteiger partial charge in [0.1, 0.15) is 5.75 Å². The molecule has 4 rings (SSSR count). The number of hydrogen-bond donors (Lipinski definition) is 2. The predicted molar refractivity (Wildman–Crippen MR) is 131 cm³/mol. The molecule has 0 unspecified atom stereocenters. The molecule has 0 aliphatic rings. The smallest absolute Gasteiger partial charge is 0.276 e. The number of aryl methyl sites for hydroxylation is 1. The van der Waals surface area contributed by atoms with Crippen molar-refractivity contribution in [2.45, 2.75) is 18.4 Å². The Hall–Kier alpha value is -3.88. The summed E-state index contributed by atoms with van der Waals surface area (Å²) in [5.74, 6) is -0.275. The summed E-state index contributed by atoms with van der Waals surface area (Å²) in [5.41, 5.74) is 3.17. The Morgan fingerprint density at radius 2 is 1.65 bits per heavy atom. The van der Waals surface area contributed by atoms with E-state index in [9.17, 15) is 18.4 Å². The van der Waals surface area contributed by atoms with Crippen molar-refractivity contribution in [2.75, 3.05) is 11.4 Å². The molecule has 174 valence electrons. The molecule has 0 atom stereocenters. The summed E-state index contributed by atoms with van der Waals surface area (Å²) in [6.45, 7) is 1.70. The summed E-state index contributed by atoms with van der Waals surface area (Å²) in [6.07, 6.45) is 0. The number of benzene rings is 4. The van der Waals surface area contributed by atoms with Crippen LogP contribution in [0.4, 0.5) is 5.69 Å². The summed E-state index contributed by atoms with van der Waals surface area (Å²) >= 11 is 0. The minimum atomic E-state index is -4.10. The number of nitrogens with one attached hydrogen (secondary N) is 1. The van der Waals surface area contributed by atoms with E-state index in [1.54, 1.807) is 36.7 Å². The fourth-order valence-corrected chi connectivity index (χ4v) is 5.43. The van der Waals surface area contributed by atoms with Crippen LogP contribution in [0.5, 0.6) is 5.75 Å². The van der Waals surface area contributed by atoms with Crippen LogP contribution < -0.4 is 14.5 Å². The Morgan fingerprint density at radius 1 is 0.941 bits per heavy atom. The van der Waals surface area contributed by atoms with Gasteiger partial charge in [-0.15, -0.1) is 0 Å². The van der Waals surface area contributed by atoms with Crippen LogP contribution in [-0.4, -0.2) is 26.6 Å². The largest absolute Gasteiger partial charge is 0.497 e. The van der Waals surface area contributed by atoms with Gasteiger partial charge in [-0.2, -0.15) is 0 Å². The highest BCUT2D eigenvalue weighted by atomic mass is 32.2. The minimum Gasteiger partial charge on any atom is -0.497 e. The van der Waals surface area contributed by atoms with Crippen molar-refractivity contribution >= 4 is 32.4 Å². The fourth-order valence-electron chi connectivity index (χ4n) is 3.90. The maximum atomic E-state index is 13.9. The van der Waals surface area contributed by atoms with Gasteiger partial charge in [0, 0.05) is 0 Å². The lowest BCUT2D eigenvalue weighted by Gasteiger charge is -2.28. The number of nitrogens with zero attached hydrogens (tertiary/aromatic N) is 1. The number of ether oxygens (including phenoxy) is 1. The Balaban J connectivity index is 1.90. The van der Waals surface area contributed by atoms with Crippen LogP contribution in [-0.2, 0) is 16.6 Å². The molecule has 0 heterocycles. The first-order chi connectivity index (χ1) is 16.3. The van der Waals surface area contributed by atoms with Gasteiger partial charge in [-0.25, -0.2) is 13.9 Å². The van der Waals surface area contributed by atoms with E-state index in [4.69, 9.17) is 4.74 Å². The van der Waals surface area contributed by atoms with Gasteiger partial charge in [0.2, 0.25) is 0 Å². The zero-order chi connectivity index (χ0) is 24.3. The Kier molecular flexibility index (Phi) is 6.54. The van der Waals surface area contributed by atoms with Gasteiger partial charge in [-0.05, 0) is 65.2 Å². The number of amides is 1. The molecule has 0 aliphatic heterocycles. The highest BCUT2D eigenvalue weighted by Crippen LogP contribution is 2.33. The van der Waals surface area contributed by atoms with Crippen molar-refractivity contribution in [3.05, 3.63) is 102 Å². The Bertz CT molecular complexity index is 1450. The van der Waals surface area contributed by atoms with E-state index < -0.39 is 15.9 Å². The molecule has 4 aromatic carbocycles. The molecule has 1 amide bonds. The number of carbonyl (C=O) groups excluding carboxylic acids is 1. The molecule has 0 aliphatic carbocycles. The third kappa shape index (κ3) is 4.46. The third-order valence-electron chi connectivity index (χ3n) is 5.62. The fraction of sp³-hybridized carbons (Fsp3) is 0.115. The number of hydrogen-bond acceptors (Lipinski definition) is 5. The van der Waals surface area contributed by atoms with Crippen molar-refractivity contribution in [3.8, 4) is 5.75 Å². The zero-order valence-corrected chi connectivity index (χ0v) is 19.5. The maximum Gasteiger partial charge on any atom is 0.276 e. The Labute approximate surface area is 198 Å². The van der Waals surface area contributed by atoms with Crippen LogP contribution in [0.2, 0.25) is 0 Å². The SMILES string of the molecule is COc1ccc(S(=O)(=O)N(Cc2ccc3ccccc3c2)c2c(C)cccc2C(=O)NO)cc1. The molecule has 4 aromatic rings. The molecular formula is C26H24N2O5S. The van der Waals surface area contributed by atoms with Gasteiger partial charge < -0.3 is 4.74 Å². The summed E-state index contributed by atoms with van der Waals surface area (Å²) in [7, 11) is -2.60. The Morgan fingerprint density at radius 3 is 2.32 bits per heavy atom. The zero-order valence-electron chi connectivity index (χ0n) is 18.7. The van der Waals surface area contributed by atoms with Gasteiger partial charge in [-0.3, -0.25) is 14.3 Å². The second kappa shape index (κ2) is 9.54. The number of para-hydroxylation sites is 1. The standard InChI is InChI=1S/C26H24N2O5S/c1-18-6-5-9-24(26(29)27-30)25(18)28(34(31,32)23-14-12-22(33-2)13-15-23)17-19-10-11-20-7-3-4-8-21(20)16-19/h3-16,30H,17H2,1-2H3,(H,27,29). The summed E-state index contributed by atoms with van der Waals surface area (Å²) in [6, 6.07) is 24.4. The molecule has 0 radical (unpaired) electrons. The van der Waals surface area contributed by atoms with Crippen molar-refractivity contribution < 1.29 is 23.2 Å². The average Bonchev–Trinajstić information content (AvgIpc) is 2.86.